The van der Waals surface area contributed by atoms with Crippen molar-refractivity contribution >= 4 is 5.91 Å². The second-order valence-corrected chi connectivity index (χ2v) is 5.11. The molecule has 4 nitrogen and oxygen atoms in total. The largest absolute Gasteiger partial charge is 0.396 e. The summed E-state index contributed by atoms with van der Waals surface area (Å²) in [6.45, 7) is 5.79. The van der Waals surface area contributed by atoms with Crippen LogP contribution < -0.4 is 5.32 Å². The van der Waals surface area contributed by atoms with Gasteiger partial charge in [0.25, 0.3) is 0 Å². The van der Waals surface area contributed by atoms with Crippen LogP contribution in [0.15, 0.2) is 0 Å². The lowest BCUT2D eigenvalue weighted by Crippen LogP contribution is -2.45. The topological polar surface area (TPSA) is 52.6 Å². The summed E-state index contributed by atoms with van der Waals surface area (Å²) < 4.78 is 0. The molecule has 0 atom stereocenters. The van der Waals surface area contributed by atoms with E-state index in [2.05, 4.69) is 19.2 Å². The number of hydrogen-bond acceptors (Lipinski definition) is 3. The molecule has 4 heteroatoms. The highest BCUT2D eigenvalue weighted by Gasteiger charge is 2.27. The highest BCUT2D eigenvalue weighted by atomic mass is 16.3. The molecule has 1 fully saturated rings. The summed E-state index contributed by atoms with van der Waals surface area (Å²) in [5.41, 5.74) is 0. The molecule has 0 aliphatic heterocycles. The van der Waals surface area contributed by atoms with Crippen molar-refractivity contribution in [2.75, 3.05) is 19.7 Å². The molecule has 17 heavy (non-hydrogen) atoms. The maximum absolute atomic E-state index is 12.1. The summed E-state index contributed by atoms with van der Waals surface area (Å²) in [4.78, 5) is 14.0. The summed E-state index contributed by atoms with van der Waals surface area (Å²) >= 11 is 0. The van der Waals surface area contributed by atoms with Gasteiger partial charge < -0.3 is 15.3 Å². The summed E-state index contributed by atoms with van der Waals surface area (Å²) in [5, 5.41) is 12.1. The molecule has 0 heterocycles. The molecule has 2 N–H and O–H groups in total. The van der Waals surface area contributed by atoms with Crippen molar-refractivity contribution < 1.29 is 9.90 Å². The van der Waals surface area contributed by atoms with Gasteiger partial charge in [0, 0.05) is 38.2 Å². The third-order valence-electron chi connectivity index (χ3n) is 3.28. The Morgan fingerprint density at radius 2 is 2.18 bits per heavy atom. The Balaban J connectivity index is 2.31. The van der Waals surface area contributed by atoms with Crippen molar-refractivity contribution in [3.05, 3.63) is 0 Å². The van der Waals surface area contributed by atoms with Crippen molar-refractivity contribution in [2.45, 2.75) is 58.0 Å². The van der Waals surface area contributed by atoms with Crippen molar-refractivity contribution in [3.8, 4) is 0 Å². The van der Waals surface area contributed by atoms with Gasteiger partial charge in [-0.25, -0.2) is 0 Å². The SMILES string of the molecule is CC(C)NCCC(=O)N(CCCO)C1CCC1. The van der Waals surface area contributed by atoms with Crippen molar-refractivity contribution in [1.82, 2.24) is 10.2 Å². The van der Waals surface area contributed by atoms with Crippen LogP contribution in [0.1, 0.15) is 46.0 Å². The van der Waals surface area contributed by atoms with Crippen LogP contribution in [-0.2, 0) is 4.79 Å². The first-order valence-electron chi connectivity index (χ1n) is 6.79. The second-order valence-electron chi connectivity index (χ2n) is 5.11. The van der Waals surface area contributed by atoms with Gasteiger partial charge in [0.15, 0.2) is 0 Å². The molecule has 0 aromatic carbocycles. The molecule has 0 radical (unpaired) electrons. The minimum absolute atomic E-state index is 0.167. The molecule has 1 saturated carbocycles. The zero-order valence-electron chi connectivity index (χ0n) is 11.1. The van der Waals surface area contributed by atoms with Crippen LogP contribution in [-0.4, -0.2) is 47.7 Å². The van der Waals surface area contributed by atoms with Crippen LogP contribution in [0.4, 0.5) is 0 Å². The van der Waals surface area contributed by atoms with E-state index in [0.717, 1.165) is 19.4 Å². The number of nitrogens with zero attached hydrogens (tertiary/aromatic N) is 1. The lowest BCUT2D eigenvalue weighted by Gasteiger charge is -2.37. The van der Waals surface area contributed by atoms with Gasteiger partial charge >= 0.3 is 0 Å². The molecule has 1 rings (SSSR count). The summed E-state index contributed by atoms with van der Waals surface area (Å²) in [6, 6.07) is 0.866. The number of hydrogen-bond donors (Lipinski definition) is 2. The monoisotopic (exact) mass is 242 g/mol. The maximum atomic E-state index is 12.1. The number of aliphatic hydroxyl groups is 1. The van der Waals surface area contributed by atoms with Gasteiger partial charge in [0.05, 0.1) is 0 Å². The first kappa shape index (κ1) is 14.5. The van der Waals surface area contributed by atoms with Crippen molar-refractivity contribution in [3.63, 3.8) is 0 Å². The third-order valence-corrected chi connectivity index (χ3v) is 3.28. The van der Waals surface area contributed by atoms with Gasteiger partial charge in [0.1, 0.15) is 0 Å². The molecule has 1 aliphatic rings. The van der Waals surface area contributed by atoms with Gasteiger partial charge in [-0.05, 0) is 25.7 Å². The zero-order valence-corrected chi connectivity index (χ0v) is 11.1. The maximum Gasteiger partial charge on any atom is 0.224 e. The summed E-state index contributed by atoms with van der Waals surface area (Å²) in [5.74, 6) is 0.233. The smallest absolute Gasteiger partial charge is 0.224 e. The Morgan fingerprint density at radius 1 is 1.47 bits per heavy atom. The fourth-order valence-electron chi connectivity index (χ4n) is 2.06. The van der Waals surface area contributed by atoms with E-state index in [-0.39, 0.29) is 12.5 Å². The number of carbonyl (C=O) groups is 1. The average molecular weight is 242 g/mol. The molecule has 0 aromatic rings. The van der Waals surface area contributed by atoms with Gasteiger partial charge in [-0.15, -0.1) is 0 Å². The lowest BCUT2D eigenvalue weighted by atomic mass is 9.91. The van der Waals surface area contributed by atoms with Gasteiger partial charge in [-0.2, -0.15) is 0 Å². The number of aliphatic hydroxyl groups excluding tert-OH is 1. The van der Waals surface area contributed by atoms with Crippen molar-refractivity contribution in [2.24, 2.45) is 0 Å². The molecule has 1 amide bonds. The average Bonchev–Trinajstić information content (AvgIpc) is 2.20. The number of amides is 1. The van der Waals surface area contributed by atoms with Crippen molar-refractivity contribution in [1.29, 1.82) is 0 Å². The Bertz CT molecular complexity index is 227. The van der Waals surface area contributed by atoms with E-state index in [0.29, 0.717) is 31.5 Å². The molecule has 0 bridgehead atoms. The fourth-order valence-corrected chi connectivity index (χ4v) is 2.06. The Morgan fingerprint density at radius 3 is 2.65 bits per heavy atom. The Kier molecular flexibility index (Phi) is 6.52. The van der Waals surface area contributed by atoms with Gasteiger partial charge in [-0.1, -0.05) is 13.8 Å². The lowest BCUT2D eigenvalue weighted by molar-refractivity contribution is -0.135. The van der Waals surface area contributed by atoms with Crippen LogP contribution in [0, 0.1) is 0 Å². The number of nitrogens with one attached hydrogen (secondary N) is 1. The predicted octanol–water partition coefficient (Wildman–Crippen LogP) is 1.14. The first-order chi connectivity index (χ1) is 8.15. The molecule has 100 valence electrons. The zero-order chi connectivity index (χ0) is 12.7. The summed E-state index contributed by atoms with van der Waals surface area (Å²) in [6.07, 6.45) is 4.77. The van der Waals surface area contributed by atoms with E-state index < -0.39 is 0 Å². The third kappa shape index (κ3) is 5.04. The first-order valence-corrected chi connectivity index (χ1v) is 6.79. The fraction of sp³-hybridized carbons (Fsp3) is 0.923. The molecular formula is C13H26N2O2. The van der Waals surface area contributed by atoms with E-state index in [1.54, 1.807) is 0 Å². The van der Waals surface area contributed by atoms with Gasteiger partial charge in [0.2, 0.25) is 5.91 Å². The summed E-state index contributed by atoms with van der Waals surface area (Å²) in [7, 11) is 0. The quantitative estimate of drug-likeness (QED) is 0.671. The molecule has 1 aliphatic carbocycles. The predicted molar refractivity (Wildman–Crippen MR) is 68.8 cm³/mol. The number of rotatable bonds is 8. The van der Waals surface area contributed by atoms with Gasteiger partial charge in [-0.3, -0.25) is 4.79 Å². The van der Waals surface area contributed by atoms with E-state index in [1.165, 1.54) is 6.42 Å². The van der Waals surface area contributed by atoms with Crippen LogP contribution in [0.25, 0.3) is 0 Å². The Labute approximate surface area is 104 Å². The van der Waals surface area contributed by atoms with E-state index in [4.69, 9.17) is 5.11 Å². The highest BCUT2D eigenvalue weighted by Crippen LogP contribution is 2.25. The number of carbonyl (C=O) groups excluding carboxylic acids is 1. The standard InChI is InChI=1S/C13H26N2O2/c1-11(2)14-8-7-13(17)15(9-4-10-16)12-5-3-6-12/h11-12,14,16H,3-10H2,1-2H3. The van der Waals surface area contributed by atoms with Crippen LogP contribution >= 0.6 is 0 Å². The molecule has 0 unspecified atom stereocenters. The normalized spacial score (nSPS) is 16.0. The molecular weight excluding hydrogens is 216 g/mol. The Hall–Kier alpha value is -0.610. The molecule has 0 saturated heterocycles. The highest BCUT2D eigenvalue weighted by molar-refractivity contribution is 5.76. The molecule has 0 spiro atoms. The van der Waals surface area contributed by atoms with Crippen LogP contribution in [0.3, 0.4) is 0 Å². The van der Waals surface area contributed by atoms with E-state index >= 15 is 0 Å². The van der Waals surface area contributed by atoms with Crippen LogP contribution in [0.2, 0.25) is 0 Å². The molecule has 0 aromatic heterocycles. The van der Waals surface area contributed by atoms with E-state index in [1.807, 2.05) is 4.90 Å². The van der Waals surface area contributed by atoms with E-state index in [9.17, 15) is 4.79 Å². The van der Waals surface area contributed by atoms with Crippen LogP contribution in [0.5, 0.6) is 0 Å². The minimum Gasteiger partial charge on any atom is -0.396 e. The second kappa shape index (κ2) is 7.67. The minimum atomic E-state index is 0.167.